The van der Waals surface area contributed by atoms with Gasteiger partial charge >= 0.3 is 6.03 Å². The number of amidine groups is 1. The van der Waals surface area contributed by atoms with Gasteiger partial charge in [0.1, 0.15) is 11.4 Å². The Hall–Kier alpha value is -1.06. The third-order valence-electron chi connectivity index (χ3n) is 4.69. The van der Waals surface area contributed by atoms with E-state index in [9.17, 15) is 4.79 Å². The van der Waals surface area contributed by atoms with Crippen LogP contribution in [0.25, 0.3) is 0 Å². The minimum atomic E-state index is -0.337. The summed E-state index contributed by atoms with van der Waals surface area (Å²) in [5, 5.41) is 10.9. The van der Waals surface area contributed by atoms with E-state index in [4.69, 9.17) is 5.41 Å². The van der Waals surface area contributed by atoms with Crippen LogP contribution in [-0.4, -0.2) is 28.3 Å². The van der Waals surface area contributed by atoms with Gasteiger partial charge in [0.05, 0.1) is 0 Å². The zero-order valence-corrected chi connectivity index (χ0v) is 11.9. The highest BCUT2D eigenvalue weighted by Crippen LogP contribution is 2.42. The molecule has 2 N–H and O–H groups in total. The van der Waals surface area contributed by atoms with Crippen LogP contribution in [0, 0.1) is 17.2 Å². The SMILES string of the molecule is CC(C)C1CCC2(CC1)C(=N)NC(=O)N2C(C)C. The Morgan fingerprint density at radius 3 is 2.28 bits per heavy atom. The minimum absolute atomic E-state index is 0.0852. The van der Waals surface area contributed by atoms with Crippen molar-refractivity contribution < 1.29 is 4.79 Å². The number of rotatable bonds is 2. The molecule has 1 aliphatic heterocycles. The molecule has 2 rings (SSSR count). The number of amides is 2. The number of nitrogens with zero attached hydrogens (tertiary/aromatic N) is 1. The monoisotopic (exact) mass is 251 g/mol. The lowest BCUT2D eigenvalue weighted by Crippen LogP contribution is -2.54. The van der Waals surface area contributed by atoms with Gasteiger partial charge in [-0.3, -0.25) is 10.7 Å². The van der Waals surface area contributed by atoms with Gasteiger partial charge in [0.15, 0.2) is 0 Å². The number of urea groups is 1. The molecule has 2 amide bonds. The lowest BCUT2D eigenvalue weighted by molar-refractivity contribution is 0.0974. The van der Waals surface area contributed by atoms with Crippen LogP contribution in [0.5, 0.6) is 0 Å². The summed E-state index contributed by atoms with van der Waals surface area (Å²) in [6.45, 7) is 8.61. The maximum absolute atomic E-state index is 12.0. The predicted molar refractivity (Wildman–Crippen MR) is 72.8 cm³/mol. The summed E-state index contributed by atoms with van der Waals surface area (Å²) in [6.07, 6.45) is 4.12. The van der Waals surface area contributed by atoms with E-state index in [-0.39, 0.29) is 17.6 Å². The number of hydrogen-bond acceptors (Lipinski definition) is 2. The summed E-state index contributed by atoms with van der Waals surface area (Å²) in [6, 6.07) is 0.0708. The van der Waals surface area contributed by atoms with E-state index in [1.165, 1.54) is 0 Å². The zero-order chi connectivity index (χ0) is 13.5. The van der Waals surface area contributed by atoms with Crippen LogP contribution in [-0.2, 0) is 0 Å². The van der Waals surface area contributed by atoms with Gasteiger partial charge in [0, 0.05) is 6.04 Å². The fraction of sp³-hybridized carbons (Fsp3) is 0.857. The van der Waals surface area contributed by atoms with Crippen LogP contribution in [0.3, 0.4) is 0 Å². The van der Waals surface area contributed by atoms with Gasteiger partial charge in [-0.2, -0.15) is 0 Å². The molecule has 2 fully saturated rings. The molecule has 0 atom stereocenters. The van der Waals surface area contributed by atoms with E-state index in [0.29, 0.717) is 11.8 Å². The fourth-order valence-electron chi connectivity index (χ4n) is 3.60. The fourth-order valence-corrected chi connectivity index (χ4v) is 3.60. The standard InChI is InChI=1S/C14H25N3O/c1-9(2)11-5-7-14(8-6-11)12(15)16-13(18)17(14)10(3)4/h9-11H,5-8H2,1-4H3,(H2,15,16,18). The average molecular weight is 251 g/mol. The molecule has 18 heavy (non-hydrogen) atoms. The van der Waals surface area contributed by atoms with Crippen molar-refractivity contribution in [1.29, 1.82) is 5.41 Å². The largest absolute Gasteiger partial charge is 0.323 e. The molecule has 0 aromatic heterocycles. The van der Waals surface area contributed by atoms with Crippen molar-refractivity contribution >= 4 is 11.9 Å². The molecule has 4 heteroatoms. The van der Waals surface area contributed by atoms with Crippen LogP contribution < -0.4 is 5.32 Å². The van der Waals surface area contributed by atoms with Crippen LogP contribution in [0.2, 0.25) is 0 Å². The Morgan fingerprint density at radius 2 is 1.83 bits per heavy atom. The summed E-state index contributed by atoms with van der Waals surface area (Å²) < 4.78 is 0. The van der Waals surface area contributed by atoms with Gasteiger partial charge in [-0.05, 0) is 51.4 Å². The molecule has 0 unspecified atom stereocenters. The highest BCUT2D eigenvalue weighted by molar-refractivity contribution is 6.08. The minimum Gasteiger partial charge on any atom is -0.309 e. The second-order valence-electron chi connectivity index (χ2n) is 6.38. The first kappa shape index (κ1) is 13.4. The molecule has 1 heterocycles. The summed E-state index contributed by atoms with van der Waals surface area (Å²) in [7, 11) is 0. The zero-order valence-electron chi connectivity index (χ0n) is 11.9. The second kappa shape index (κ2) is 4.56. The first-order chi connectivity index (χ1) is 8.38. The second-order valence-corrected chi connectivity index (χ2v) is 6.38. The Balaban J connectivity index is 2.20. The first-order valence-electron chi connectivity index (χ1n) is 7.08. The maximum atomic E-state index is 12.0. The van der Waals surface area contributed by atoms with E-state index >= 15 is 0 Å². The predicted octanol–water partition coefficient (Wildman–Crippen LogP) is 2.98. The number of hydrogen-bond donors (Lipinski definition) is 2. The van der Waals surface area contributed by atoms with Crippen molar-refractivity contribution in [2.24, 2.45) is 11.8 Å². The van der Waals surface area contributed by atoms with Crippen molar-refractivity contribution in [3.05, 3.63) is 0 Å². The maximum Gasteiger partial charge on any atom is 0.323 e. The molecular weight excluding hydrogens is 226 g/mol. The summed E-state index contributed by atoms with van der Waals surface area (Å²) in [5.41, 5.74) is -0.337. The van der Waals surface area contributed by atoms with Gasteiger partial charge in [-0.15, -0.1) is 0 Å². The van der Waals surface area contributed by atoms with Gasteiger partial charge in [0.25, 0.3) is 0 Å². The molecule has 0 aromatic carbocycles. The van der Waals surface area contributed by atoms with Crippen LogP contribution in [0.15, 0.2) is 0 Å². The lowest BCUT2D eigenvalue weighted by Gasteiger charge is -2.44. The molecule has 0 bridgehead atoms. The average Bonchev–Trinajstić information content (AvgIpc) is 2.51. The summed E-state index contributed by atoms with van der Waals surface area (Å²) in [5.74, 6) is 1.87. The molecule has 0 radical (unpaired) electrons. The van der Waals surface area contributed by atoms with Gasteiger partial charge < -0.3 is 4.90 Å². The number of carbonyl (C=O) groups is 1. The Bertz CT molecular complexity index is 354. The third kappa shape index (κ3) is 1.91. The molecule has 1 aliphatic carbocycles. The highest BCUT2D eigenvalue weighted by atomic mass is 16.2. The van der Waals surface area contributed by atoms with Gasteiger partial charge in [0.2, 0.25) is 0 Å². The van der Waals surface area contributed by atoms with Crippen molar-refractivity contribution in [3.63, 3.8) is 0 Å². The van der Waals surface area contributed by atoms with Crippen molar-refractivity contribution in [2.75, 3.05) is 0 Å². The Kier molecular flexibility index (Phi) is 3.39. The molecule has 4 nitrogen and oxygen atoms in total. The molecule has 1 saturated carbocycles. The molecule has 2 aliphatic rings. The molecule has 1 spiro atoms. The van der Waals surface area contributed by atoms with E-state index < -0.39 is 0 Å². The number of nitrogens with one attached hydrogen (secondary N) is 2. The van der Waals surface area contributed by atoms with E-state index in [2.05, 4.69) is 19.2 Å². The molecule has 0 aromatic rings. The van der Waals surface area contributed by atoms with Crippen molar-refractivity contribution in [1.82, 2.24) is 10.2 Å². The Labute approximate surface area is 110 Å². The topological polar surface area (TPSA) is 56.2 Å². The lowest BCUT2D eigenvalue weighted by atomic mass is 9.71. The molecule has 1 saturated heterocycles. The first-order valence-corrected chi connectivity index (χ1v) is 7.08. The molecule has 102 valence electrons. The van der Waals surface area contributed by atoms with E-state index in [0.717, 1.165) is 31.6 Å². The molecular formula is C14H25N3O. The normalized spacial score (nSPS) is 32.8. The van der Waals surface area contributed by atoms with Gasteiger partial charge in [-0.25, -0.2) is 4.79 Å². The van der Waals surface area contributed by atoms with Crippen LogP contribution in [0.4, 0.5) is 4.79 Å². The smallest absolute Gasteiger partial charge is 0.309 e. The third-order valence-corrected chi connectivity index (χ3v) is 4.69. The number of carbonyl (C=O) groups excluding carboxylic acids is 1. The van der Waals surface area contributed by atoms with Crippen LogP contribution in [0.1, 0.15) is 53.4 Å². The van der Waals surface area contributed by atoms with Crippen molar-refractivity contribution in [3.8, 4) is 0 Å². The van der Waals surface area contributed by atoms with E-state index in [1.54, 1.807) is 0 Å². The summed E-state index contributed by atoms with van der Waals surface area (Å²) in [4.78, 5) is 13.9. The highest BCUT2D eigenvalue weighted by Gasteiger charge is 2.52. The Morgan fingerprint density at radius 1 is 1.28 bits per heavy atom. The van der Waals surface area contributed by atoms with E-state index in [1.807, 2.05) is 18.7 Å². The van der Waals surface area contributed by atoms with Crippen LogP contribution >= 0.6 is 0 Å². The van der Waals surface area contributed by atoms with Crippen molar-refractivity contribution in [2.45, 2.75) is 65.0 Å². The van der Waals surface area contributed by atoms with Gasteiger partial charge in [-0.1, -0.05) is 13.8 Å². The quantitative estimate of drug-likeness (QED) is 0.779. The summed E-state index contributed by atoms with van der Waals surface area (Å²) >= 11 is 0.